The highest BCUT2D eigenvalue weighted by Gasteiger charge is 2.47. The summed E-state index contributed by atoms with van der Waals surface area (Å²) in [5.41, 5.74) is 0.428. The number of hydrogen-bond donors (Lipinski definition) is 0. The average molecular weight is 368 g/mol. The van der Waals surface area contributed by atoms with E-state index in [1.807, 2.05) is 20.8 Å². The van der Waals surface area contributed by atoms with E-state index < -0.39 is 29.4 Å². The quantitative estimate of drug-likeness (QED) is 0.457. The third-order valence-electron chi connectivity index (χ3n) is 5.09. The van der Waals surface area contributed by atoms with Gasteiger partial charge in [-0.2, -0.15) is 0 Å². The Bertz CT molecular complexity index is 830. The molecular formula is C17H15Cl2NO4. The van der Waals surface area contributed by atoms with E-state index in [2.05, 4.69) is 0 Å². The van der Waals surface area contributed by atoms with Crippen LogP contribution in [-0.2, 0) is 20.8 Å². The second-order valence-electron chi connectivity index (χ2n) is 6.77. The molecule has 24 heavy (non-hydrogen) atoms. The molecule has 0 radical (unpaired) electrons. The Labute approximate surface area is 148 Å². The standard InChI is InChI=1S/C17H15Cl2NO4/c1-7(2)17(3)6-8-4-9(13(18)14(19)12(8)15(17)23)20-11(22)5-10(21)16(20)24/h4,7H,5-6H2,1-3H3. The molecule has 2 amide bonds. The van der Waals surface area contributed by atoms with Gasteiger partial charge in [-0.1, -0.05) is 44.0 Å². The zero-order valence-corrected chi connectivity index (χ0v) is 14.9. The fourth-order valence-electron chi connectivity index (χ4n) is 3.21. The van der Waals surface area contributed by atoms with Crippen LogP contribution in [0.15, 0.2) is 6.07 Å². The van der Waals surface area contributed by atoms with Crippen molar-refractivity contribution in [3.05, 3.63) is 27.2 Å². The molecule has 1 atom stereocenters. The number of carbonyl (C=O) groups is 4. The molecular weight excluding hydrogens is 353 g/mol. The third-order valence-corrected chi connectivity index (χ3v) is 5.95. The predicted octanol–water partition coefficient (Wildman–Crippen LogP) is 3.23. The number of halogens is 2. The van der Waals surface area contributed by atoms with Gasteiger partial charge in [0.1, 0.15) is 0 Å². The van der Waals surface area contributed by atoms with Crippen LogP contribution in [-0.4, -0.2) is 23.4 Å². The van der Waals surface area contributed by atoms with Gasteiger partial charge in [0.25, 0.3) is 0 Å². The van der Waals surface area contributed by atoms with Crippen molar-refractivity contribution in [2.45, 2.75) is 33.6 Å². The summed E-state index contributed by atoms with van der Waals surface area (Å²) in [6.45, 7) is 5.76. The lowest BCUT2D eigenvalue weighted by molar-refractivity contribution is -0.133. The normalized spacial score (nSPS) is 23.7. The van der Waals surface area contributed by atoms with E-state index in [0.717, 1.165) is 4.90 Å². The molecule has 5 nitrogen and oxygen atoms in total. The Morgan fingerprint density at radius 1 is 1.12 bits per heavy atom. The second kappa shape index (κ2) is 5.39. The van der Waals surface area contributed by atoms with E-state index in [0.29, 0.717) is 17.5 Å². The highest BCUT2D eigenvalue weighted by Crippen LogP contribution is 2.49. The van der Waals surface area contributed by atoms with Crippen LogP contribution in [0.4, 0.5) is 5.69 Å². The van der Waals surface area contributed by atoms with E-state index in [9.17, 15) is 19.2 Å². The molecule has 1 aliphatic carbocycles. The van der Waals surface area contributed by atoms with Gasteiger partial charge in [-0.3, -0.25) is 19.2 Å². The molecule has 1 fully saturated rings. The van der Waals surface area contributed by atoms with Crippen LogP contribution in [0.25, 0.3) is 0 Å². The van der Waals surface area contributed by atoms with Gasteiger partial charge in [0.05, 0.1) is 22.2 Å². The molecule has 0 aromatic heterocycles. The molecule has 0 spiro atoms. The van der Waals surface area contributed by atoms with Crippen molar-refractivity contribution in [1.82, 2.24) is 0 Å². The third kappa shape index (κ3) is 2.15. The van der Waals surface area contributed by atoms with Gasteiger partial charge >= 0.3 is 5.91 Å². The number of ketones is 2. The molecule has 2 aliphatic rings. The molecule has 1 aromatic rings. The molecule has 0 saturated carbocycles. The Balaban J connectivity index is 2.18. The highest BCUT2D eigenvalue weighted by atomic mass is 35.5. The monoisotopic (exact) mass is 367 g/mol. The van der Waals surface area contributed by atoms with Gasteiger partial charge in [0.2, 0.25) is 11.7 Å². The summed E-state index contributed by atoms with van der Waals surface area (Å²) in [5, 5.41) is -0.0355. The van der Waals surface area contributed by atoms with Crippen LogP contribution in [0.1, 0.15) is 43.1 Å². The number of nitrogens with zero attached hydrogens (tertiary/aromatic N) is 1. The molecule has 1 saturated heterocycles. The summed E-state index contributed by atoms with van der Waals surface area (Å²) in [5.74, 6) is -2.36. The van der Waals surface area contributed by atoms with E-state index in [4.69, 9.17) is 23.2 Å². The number of carbonyl (C=O) groups excluding carboxylic acids is 4. The predicted molar refractivity (Wildman–Crippen MR) is 89.6 cm³/mol. The molecule has 1 aromatic carbocycles. The zero-order chi connectivity index (χ0) is 18.0. The summed E-state index contributed by atoms with van der Waals surface area (Å²) in [7, 11) is 0. The Morgan fingerprint density at radius 3 is 2.25 bits per heavy atom. The maximum atomic E-state index is 12.8. The fraction of sp³-hybridized carbons (Fsp3) is 0.412. The van der Waals surface area contributed by atoms with Crippen LogP contribution in [0.2, 0.25) is 10.0 Å². The van der Waals surface area contributed by atoms with E-state index >= 15 is 0 Å². The molecule has 0 bridgehead atoms. The summed E-state index contributed by atoms with van der Waals surface area (Å²) < 4.78 is 0. The van der Waals surface area contributed by atoms with Crippen molar-refractivity contribution < 1.29 is 19.2 Å². The first kappa shape index (κ1) is 17.1. The molecule has 1 unspecified atom stereocenters. The van der Waals surface area contributed by atoms with Gasteiger partial charge in [0, 0.05) is 11.0 Å². The van der Waals surface area contributed by atoms with Crippen molar-refractivity contribution in [1.29, 1.82) is 0 Å². The summed E-state index contributed by atoms with van der Waals surface area (Å²) in [6.07, 6.45) is -0.0423. The maximum Gasteiger partial charge on any atom is 0.301 e. The van der Waals surface area contributed by atoms with Gasteiger partial charge in [-0.15, -0.1) is 0 Å². The fourth-order valence-corrected chi connectivity index (χ4v) is 3.75. The van der Waals surface area contributed by atoms with Gasteiger partial charge in [0.15, 0.2) is 5.78 Å². The number of imide groups is 1. The number of anilines is 1. The number of amides is 2. The van der Waals surface area contributed by atoms with E-state index in [-0.39, 0.29) is 27.4 Å². The first-order valence-electron chi connectivity index (χ1n) is 7.55. The Morgan fingerprint density at radius 2 is 1.75 bits per heavy atom. The summed E-state index contributed by atoms with van der Waals surface area (Å²) in [6, 6.07) is 1.53. The molecule has 126 valence electrons. The molecule has 1 aliphatic heterocycles. The maximum absolute atomic E-state index is 12.8. The topological polar surface area (TPSA) is 71.5 Å². The number of Topliss-reactive ketones (excluding diaryl/α,β-unsaturated/α-hetero) is 2. The van der Waals surface area contributed by atoms with Crippen molar-refractivity contribution in [2.75, 3.05) is 4.90 Å². The Hall–Kier alpha value is -1.72. The van der Waals surface area contributed by atoms with Crippen LogP contribution >= 0.6 is 23.2 Å². The number of rotatable bonds is 2. The lowest BCUT2D eigenvalue weighted by atomic mass is 9.76. The minimum Gasteiger partial charge on any atom is -0.293 e. The summed E-state index contributed by atoms with van der Waals surface area (Å²) >= 11 is 12.5. The minimum absolute atomic E-state index is 0.0264. The number of hydrogen-bond acceptors (Lipinski definition) is 4. The van der Waals surface area contributed by atoms with Gasteiger partial charge < -0.3 is 0 Å². The van der Waals surface area contributed by atoms with Crippen LogP contribution in [0.5, 0.6) is 0 Å². The van der Waals surface area contributed by atoms with E-state index in [1.54, 1.807) is 0 Å². The van der Waals surface area contributed by atoms with Crippen LogP contribution in [0.3, 0.4) is 0 Å². The largest absolute Gasteiger partial charge is 0.301 e. The van der Waals surface area contributed by atoms with Crippen molar-refractivity contribution in [3.8, 4) is 0 Å². The minimum atomic E-state index is -0.922. The number of benzene rings is 1. The lowest BCUT2D eigenvalue weighted by Gasteiger charge is -2.26. The molecule has 1 heterocycles. The second-order valence-corrected chi connectivity index (χ2v) is 7.53. The smallest absolute Gasteiger partial charge is 0.293 e. The highest BCUT2D eigenvalue weighted by molar-refractivity contribution is 6.56. The van der Waals surface area contributed by atoms with E-state index in [1.165, 1.54) is 6.07 Å². The van der Waals surface area contributed by atoms with Crippen LogP contribution < -0.4 is 4.90 Å². The van der Waals surface area contributed by atoms with Gasteiger partial charge in [-0.05, 0) is 24.0 Å². The average Bonchev–Trinajstić information content (AvgIpc) is 2.90. The van der Waals surface area contributed by atoms with Crippen molar-refractivity contribution >= 4 is 52.3 Å². The lowest BCUT2D eigenvalue weighted by Crippen LogP contribution is -2.31. The molecule has 7 heteroatoms. The SMILES string of the molecule is CC(C)C1(C)Cc2cc(N3C(=O)CC(=O)C3=O)c(Cl)c(Cl)c2C1=O. The summed E-state index contributed by atoms with van der Waals surface area (Å²) in [4.78, 5) is 49.0. The molecule has 3 rings (SSSR count). The van der Waals surface area contributed by atoms with Crippen LogP contribution in [0, 0.1) is 11.3 Å². The van der Waals surface area contributed by atoms with Gasteiger partial charge in [-0.25, -0.2) is 4.90 Å². The Kier molecular flexibility index (Phi) is 3.85. The first-order valence-corrected chi connectivity index (χ1v) is 8.31. The van der Waals surface area contributed by atoms with Crippen molar-refractivity contribution in [3.63, 3.8) is 0 Å². The van der Waals surface area contributed by atoms with Crippen molar-refractivity contribution in [2.24, 2.45) is 11.3 Å². The molecule has 0 N–H and O–H groups in total. The zero-order valence-electron chi connectivity index (χ0n) is 13.4. The first-order chi connectivity index (χ1) is 11.1. The number of fused-ring (bicyclic) bond motifs is 1.